The van der Waals surface area contributed by atoms with Crippen LogP contribution in [0.2, 0.25) is 0 Å². The molecule has 6 heteroatoms. The van der Waals surface area contributed by atoms with E-state index in [4.69, 9.17) is 14.2 Å². The summed E-state index contributed by atoms with van der Waals surface area (Å²) >= 11 is 0. The maximum Gasteiger partial charge on any atom is 0.338 e. The predicted molar refractivity (Wildman–Crippen MR) is 108 cm³/mol. The van der Waals surface area contributed by atoms with E-state index < -0.39 is 11.9 Å². The monoisotopic (exact) mass is 385 g/mol. The highest BCUT2D eigenvalue weighted by molar-refractivity contribution is 5.95. The number of hydrogen-bond acceptors (Lipinski definition) is 5. The van der Waals surface area contributed by atoms with Crippen LogP contribution in [0.15, 0.2) is 42.5 Å². The van der Waals surface area contributed by atoms with Gasteiger partial charge in [0.15, 0.2) is 18.1 Å². The SMILES string of the molecule is CCOc1ccc(C(=O)OCC(=O)Nc2ccc(C(C)(C)C)cc2)cc1OC. The van der Waals surface area contributed by atoms with E-state index in [1.165, 1.54) is 18.7 Å². The Morgan fingerprint density at radius 1 is 1.00 bits per heavy atom. The third-order valence-electron chi connectivity index (χ3n) is 4.07. The smallest absolute Gasteiger partial charge is 0.338 e. The molecule has 1 amide bonds. The molecule has 28 heavy (non-hydrogen) atoms. The van der Waals surface area contributed by atoms with Crippen LogP contribution in [-0.4, -0.2) is 32.2 Å². The van der Waals surface area contributed by atoms with E-state index in [2.05, 4.69) is 26.1 Å². The van der Waals surface area contributed by atoms with Gasteiger partial charge in [0, 0.05) is 5.69 Å². The predicted octanol–water partition coefficient (Wildman–Crippen LogP) is 4.19. The van der Waals surface area contributed by atoms with E-state index in [0.29, 0.717) is 23.8 Å². The Labute approximate surface area is 165 Å². The van der Waals surface area contributed by atoms with Gasteiger partial charge in [-0.2, -0.15) is 0 Å². The molecule has 0 aromatic heterocycles. The molecule has 0 aliphatic heterocycles. The van der Waals surface area contributed by atoms with Crippen LogP contribution in [-0.2, 0) is 14.9 Å². The molecule has 0 unspecified atom stereocenters. The highest BCUT2D eigenvalue weighted by atomic mass is 16.5. The van der Waals surface area contributed by atoms with Crippen molar-refractivity contribution in [1.29, 1.82) is 0 Å². The van der Waals surface area contributed by atoms with Gasteiger partial charge >= 0.3 is 5.97 Å². The number of rotatable bonds is 7. The Morgan fingerprint density at radius 3 is 2.25 bits per heavy atom. The van der Waals surface area contributed by atoms with Crippen molar-refractivity contribution in [2.75, 3.05) is 25.6 Å². The lowest BCUT2D eigenvalue weighted by Crippen LogP contribution is -2.21. The van der Waals surface area contributed by atoms with Crippen LogP contribution in [0.4, 0.5) is 5.69 Å². The van der Waals surface area contributed by atoms with Crippen molar-refractivity contribution in [3.63, 3.8) is 0 Å². The Morgan fingerprint density at radius 2 is 1.68 bits per heavy atom. The van der Waals surface area contributed by atoms with Gasteiger partial charge in [-0.05, 0) is 48.2 Å². The van der Waals surface area contributed by atoms with Crippen LogP contribution in [0.5, 0.6) is 11.5 Å². The Hall–Kier alpha value is -3.02. The van der Waals surface area contributed by atoms with E-state index in [1.807, 2.05) is 31.2 Å². The first-order chi connectivity index (χ1) is 13.2. The number of esters is 1. The number of ether oxygens (including phenoxy) is 3. The minimum absolute atomic E-state index is 0.0385. The van der Waals surface area contributed by atoms with Crippen molar-refractivity contribution < 1.29 is 23.8 Å². The lowest BCUT2D eigenvalue weighted by molar-refractivity contribution is -0.119. The quantitative estimate of drug-likeness (QED) is 0.724. The maximum absolute atomic E-state index is 12.2. The van der Waals surface area contributed by atoms with Gasteiger partial charge in [0.05, 0.1) is 19.3 Å². The largest absolute Gasteiger partial charge is 0.493 e. The zero-order valence-corrected chi connectivity index (χ0v) is 17.0. The van der Waals surface area contributed by atoms with Crippen molar-refractivity contribution in [2.24, 2.45) is 0 Å². The molecule has 2 aromatic rings. The normalized spacial score (nSPS) is 10.9. The van der Waals surface area contributed by atoms with E-state index in [0.717, 1.165) is 0 Å². The van der Waals surface area contributed by atoms with Gasteiger partial charge in [-0.25, -0.2) is 4.79 Å². The third kappa shape index (κ3) is 5.74. The molecule has 150 valence electrons. The van der Waals surface area contributed by atoms with E-state index in [-0.39, 0.29) is 17.6 Å². The summed E-state index contributed by atoms with van der Waals surface area (Å²) in [6.07, 6.45) is 0. The molecule has 0 atom stereocenters. The van der Waals surface area contributed by atoms with E-state index >= 15 is 0 Å². The summed E-state index contributed by atoms with van der Waals surface area (Å²) in [7, 11) is 1.49. The summed E-state index contributed by atoms with van der Waals surface area (Å²) < 4.78 is 15.7. The summed E-state index contributed by atoms with van der Waals surface area (Å²) in [5, 5.41) is 2.71. The zero-order chi connectivity index (χ0) is 20.7. The molecule has 0 aliphatic carbocycles. The van der Waals surface area contributed by atoms with Crippen LogP contribution in [0.3, 0.4) is 0 Å². The third-order valence-corrected chi connectivity index (χ3v) is 4.07. The van der Waals surface area contributed by atoms with E-state index in [9.17, 15) is 9.59 Å². The average Bonchev–Trinajstić information content (AvgIpc) is 2.66. The lowest BCUT2D eigenvalue weighted by atomic mass is 9.87. The highest BCUT2D eigenvalue weighted by Crippen LogP contribution is 2.28. The summed E-state index contributed by atoms with van der Waals surface area (Å²) in [6.45, 7) is 8.32. The van der Waals surface area contributed by atoms with Crippen molar-refractivity contribution in [3.8, 4) is 11.5 Å². The molecule has 0 spiro atoms. The Kier molecular flexibility index (Phi) is 7.04. The van der Waals surface area contributed by atoms with Gasteiger partial charge in [0.25, 0.3) is 5.91 Å². The number of carbonyl (C=O) groups is 2. The number of carbonyl (C=O) groups excluding carboxylic acids is 2. The second-order valence-corrected chi connectivity index (χ2v) is 7.25. The summed E-state index contributed by atoms with van der Waals surface area (Å²) in [6, 6.07) is 12.3. The highest BCUT2D eigenvalue weighted by Gasteiger charge is 2.15. The minimum Gasteiger partial charge on any atom is -0.493 e. The Balaban J connectivity index is 1.92. The fourth-order valence-corrected chi connectivity index (χ4v) is 2.53. The molecule has 0 fully saturated rings. The van der Waals surface area contributed by atoms with Gasteiger partial charge in [0.1, 0.15) is 0 Å². The minimum atomic E-state index is -0.612. The topological polar surface area (TPSA) is 73.9 Å². The standard InChI is InChI=1S/C22H27NO5/c1-6-27-18-12-7-15(13-19(18)26-5)21(25)28-14-20(24)23-17-10-8-16(9-11-17)22(2,3)4/h7-13H,6,14H2,1-5H3,(H,23,24). The van der Waals surface area contributed by atoms with Crippen LogP contribution in [0.25, 0.3) is 0 Å². The van der Waals surface area contributed by atoms with Gasteiger partial charge in [0.2, 0.25) is 0 Å². The second kappa shape index (κ2) is 9.26. The average molecular weight is 385 g/mol. The van der Waals surface area contributed by atoms with Gasteiger partial charge in [-0.15, -0.1) is 0 Å². The van der Waals surface area contributed by atoms with Gasteiger partial charge < -0.3 is 19.5 Å². The molecule has 2 aromatic carbocycles. The van der Waals surface area contributed by atoms with Crippen molar-refractivity contribution in [1.82, 2.24) is 0 Å². The molecule has 0 saturated carbocycles. The first-order valence-corrected chi connectivity index (χ1v) is 9.13. The molecule has 1 N–H and O–H groups in total. The molecule has 0 bridgehead atoms. The molecule has 6 nitrogen and oxygen atoms in total. The molecular formula is C22H27NO5. The molecular weight excluding hydrogens is 358 g/mol. The van der Waals surface area contributed by atoms with Crippen molar-refractivity contribution in [2.45, 2.75) is 33.1 Å². The zero-order valence-electron chi connectivity index (χ0n) is 17.0. The van der Waals surface area contributed by atoms with Gasteiger partial charge in [-0.1, -0.05) is 32.9 Å². The molecule has 2 rings (SSSR count). The maximum atomic E-state index is 12.2. The van der Waals surface area contributed by atoms with Crippen LogP contribution < -0.4 is 14.8 Å². The first-order valence-electron chi connectivity index (χ1n) is 9.13. The number of anilines is 1. The fourth-order valence-electron chi connectivity index (χ4n) is 2.53. The molecule has 0 aliphatic rings. The first kappa shape index (κ1) is 21.3. The number of benzene rings is 2. The lowest BCUT2D eigenvalue weighted by Gasteiger charge is -2.19. The number of methoxy groups -OCH3 is 1. The van der Waals surface area contributed by atoms with Crippen molar-refractivity contribution >= 4 is 17.6 Å². The van der Waals surface area contributed by atoms with Gasteiger partial charge in [-0.3, -0.25) is 4.79 Å². The number of hydrogen-bond donors (Lipinski definition) is 1. The summed E-state index contributed by atoms with van der Waals surface area (Å²) in [4.78, 5) is 24.3. The van der Waals surface area contributed by atoms with E-state index in [1.54, 1.807) is 12.1 Å². The van der Waals surface area contributed by atoms with Crippen LogP contribution in [0, 0.1) is 0 Å². The second-order valence-electron chi connectivity index (χ2n) is 7.25. The Bertz CT molecular complexity index is 822. The number of amides is 1. The molecule has 0 radical (unpaired) electrons. The number of nitrogens with one attached hydrogen (secondary N) is 1. The summed E-state index contributed by atoms with van der Waals surface area (Å²) in [5.41, 5.74) is 2.14. The van der Waals surface area contributed by atoms with Crippen LogP contribution in [0.1, 0.15) is 43.6 Å². The summed E-state index contributed by atoms with van der Waals surface area (Å²) in [5.74, 6) is -0.0491. The molecule has 0 heterocycles. The molecule has 0 saturated heterocycles. The fraction of sp³-hybridized carbons (Fsp3) is 0.364. The van der Waals surface area contributed by atoms with Crippen LogP contribution >= 0.6 is 0 Å². The van der Waals surface area contributed by atoms with Crippen molar-refractivity contribution in [3.05, 3.63) is 53.6 Å².